The van der Waals surface area contributed by atoms with Crippen molar-refractivity contribution in [2.24, 2.45) is 0 Å². The maximum atomic E-state index is 5.60. The van der Waals surface area contributed by atoms with Crippen molar-refractivity contribution in [3.8, 4) is 5.75 Å². The van der Waals surface area contributed by atoms with Crippen molar-refractivity contribution in [1.82, 2.24) is 9.55 Å². The van der Waals surface area contributed by atoms with Crippen molar-refractivity contribution < 1.29 is 4.74 Å². The van der Waals surface area contributed by atoms with E-state index in [0.717, 1.165) is 28.0 Å². The number of rotatable bonds is 2. The van der Waals surface area contributed by atoms with Crippen LogP contribution in [0.25, 0.3) is 11.0 Å². The molecule has 0 aliphatic heterocycles. The maximum Gasteiger partial charge on any atom is 0.178 e. The number of nitrogens with one attached hydrogen (secondary N) is 1. The molecule has 1 aromatic carbocycles. The molecule has 0 radical (unpaired) electrons. The van der Waals surface area contributed by atoms with Gasteiger partial charge in [0.05, 0.1) is 18.7 Å². The van der Waals surface area contributed by atoms with Crippen molar-refractivity contribution in [2.45, 2.75) is 25.3 Å². The standard InChI is InChI=1S/C16H16N2OS2/c1-19-13-6-2-5-12-15(13)17-16(20)18(12)11-4-3-7-14-10(11)8-9-21-14/h2,5-6,8-9,11H,3-4,7H2,1H3,(H,17,20). The summed E-state index contributed by atoms with van der Waals surface area (Å²) in [4.78, 5) is 4.83. The van der Waals surface area contributed by atoms with Crippen LogP contribution in [0.2, 0.25) is 0 Å². The van der Waals surface area contributed by atoms with Gasteiger partial charge in [-0.3, -0.25) is 0 Å². The highest BCUT2D eigenvalue weighted by Gasteiger charge is 2.25. The molecule has 1 atom stereocenters. The van der Waals surface area contributed by atoms with Gasteiger partial charge in [0.2, 0.25) is 0 Å². The second-order valence-corrected chi connectivity index (χ2v) is 6.75. The van der Waals surface area contributed by atoms with Crippen LogP contribution < -0.4 is 4.74 Å². The first-order chi connectivity index (χ1) is 10.3. The summed E-state index contributed by atoms with van der Waals surface area (Å²) < 4.78 is 8.49. The van der Waals surface area contributed by atoms with Crippen LogP contribution in [0, 0.1) is 4.77 Å². The van der Waals surface area contributed by atoms with E-state index < -0.39 is 0 Å². The van der Waals surface area contributed by atoms with E-state index in [1.165, 1.54) is 23.3 Å². The van der Waals surface area contributed by atoms with Crippen molar-refractivity contribution in [3.05, 3.63) is 44.9 Å². The number of fused-ring (bicyclic) bond motifs is 2. The molecule has 0 fully saturated rings. The van der Waals surface area contributed by atoms with E-state index in [4.69, 9.17) is 17.0 Å². The second-order valence-electron chi connectivity index (χ2n) is 5.36. The van der Waals surface area contributed by atoms with Gasteiger partial charge < -0.3 is 14.3 Å². The molecular formula is C16H16N2OS2. The molecule has 0 amide bonds. The third-order valence-corrected chi connectivity index (χ3v) is 5.56. The van der Waals surface area contributed by atoms with Crippen molar-refractivity contribution in [1.29, 1.82) is 0 Å². The number of aromatic amines is 1. The number of benzene rings is 1. The number of H-pyrrole nitrogens is 1. The molecule has 21 heavy (non-hydrogen) atoms. The number of nitrogens with zero attached hydrogens (tertiary/aromatic N) is 1. The molecular weight excluding hydrogens is 300 g/mol. The van der Waals surface area contributed by atoms with Crippen molar-refractivity contribution >= 4 is 34.6 Å². The SMILES string of the molecule is COc1cccc2c1[nH]c(=S)n2C1CCCc2sccc21. The number of para-hydroxylation sites is 1. The minimum atomic E-state index is 0.341. The van der Waals surface area contributed by atoms with Crippen LogP contribution in [0.15, 0.2) is 29.6 Å². The van der Waals surface area contributed by atoms with E-state index in [1.54, 1.807) is 7.11 Å². The molecule has 108 valence electrons. The molecule has 0 saturated carbocycles. The lowest BCUT2D eigenvalue weighted by Gasteiger charge is -2.24. The Bertz CT molecular complexity index is 859. The summed E-state index contributed by atoms with van der Waals surface area (Å²) in [5.74, 6) is 0.846. The molecule has 1 aliphatic carbocycles. The Morgan fingerprint density at radius 1 is 1.38 bits per heavy atom. The molecule has 2 aromatic heterocycles. The summed E-state index contributed by atoms with van der Waals surface area (Å²) in [5, 5.41) is 2.20. The fourth-order valence-corrected chi connectivity index (χ4v) is 4.64. The third-order valence-electron chi connectivity index (χ3n) is 4.27. The summed E-state index contributed by atoms with van der Waals surface area (Å²) in [6.07, 6.45) is 3.56. The molecule has 4 rings (SSSR count). The summed E-state index contributed by atoms with van der Waals surface area (Å²) in [6.45, 7) is 0. The van der Waals surface area contributed by atoms with Gasteiger partial charge in [-0.2, -0.15) is 0 Å². The van der Waals surface area contributed by atoms with Gasteiger partial charge in [-0.1, -0.05) is 6.07 Å². The average molecular weight is 316 g/mol. The fraction of sp³-hybridized carbons (Fsp3) is 0.312. The van der Waals surface area contributed by atoms with Gasteiger partial charge in [0.15, 0.2) is 4.77 Å². The number of hydrogen-bond acceptors (Lipinski definition) is 3. The molecule has 5 heteroatoms. The summed E-state index contributed by atoms with van der Waals surface area (Å²) >= 11 is 7.46. The molecule has 3 nitrogen and oxygen atoms in total. The number of aryl methyl sites for hydroxylation is 1. The topological polar surface area (TPSA) is 29.9 Å². The highest BCUT2D eigenvalue weighted by Crippen LogP contribution is 2.38. The minimum Gasteiger partial charge on any atom is -0.494 e. The van der Waals surface area contributed by atoms with Gasteiger partial charge in [0.1, 0.15) is 11.3 Å². The highest BCUT2D eigenvalue weighted by molar-refractivity contribution is 7.71. The molecule has 1 unspecified atom stereocenters. The number of thiophene rings is 1. The number of methoxy groups -OCH3 is 1. The summed E-state index contributed by atoms with van der Waals surface area (Å²) in [7, 11) is 1.70. The zero-order chi connectivity index (χ0) is 14.4. The number of hydrogen-bond donors (Lipinski definition) is 1. The van der Waals surface area contributed by atoms with E-state index >= 15 is 0 Å². The van der Waals surface area contributed by atoms with E-state index in [-0.39, 0.29) is 0 Å². The minimum absolute atomic E-state index is 0.341. The van der Waals surface area contributed by atoms with Gasteiger partial charge in [0, 0.05) is 4.88 Å². The first-order valence-corrected chi connectivity index (χ1v) is 8.42. The monoisotopic (exact) mass is 316 g/mol. The Kier molecular flexibility index (Phi) is 3.12. The zero-order valence-electron chi connectivity index (χ0n) is 11.8. The van der Waals surface area contributed by atoms with E-state index in [2.05, 4.69) is 27.1 Å². The average Bonchev–Trinajstić information content (AvgIpc) is 3.09. The van der Waals surface area contributed by atoms with Crippen LogP contribution in [-0.4, -0.2) is 16.7 Å². The highest BCUT2D eigenvalue weighted by atomic mass is 32.1. The number of ether oxygens (including phenoxy) is 1. The molecule has 2 heterocycles. The first kappa shape index (κ1) is 13.1. The van der Waals surface area contributed by atoms with Crippen LogP contribution in [0.5, 0.6) is 5.75 Å². The lowest BCUT2D eigenvalue weighted by Crippen LogP contribution is -2.15. The quantitative estimate of drug-likeness (QED) is 0.695. The van der Waals surface area contributed by atoms with Crippen LogP contribution in [-0.2, 0) is 6.42 Å². The van der Waals surface area contributed by atoms with Gasteiger partial charge >= 0.3 is 0 Å². The molecule has 0 bridgehead atoms. The Labute approximate surface area is 132 Å². The normalized spacial score (nSPS) is 17.9. The third kappa shape index (κ3) is 1.95. The molecule has 1 aliphatic rings. The largest absolute Gasteiger partial charge is 0.494 e. The lowest BCUT2D eigenvalue weighted by molar-refractivity contribution is 0.419. The number of aromatic nitrogens is 2. The predicted octanol–water partition coefficient (Wildman–Crippen LogP) is 4.69. The molecule has 0 saturated heterocycles. The van der Waals surface area contributed by atoms with Gasteiger partial charge in [-0.05, 0) is 60.6 Å². The molecule has 1 N–H and O–H groups in total. The Balaban J connectivity index is 1.97. The van der Waals surface area contributed by atoms with E-state index in [0.29, 0.717) is 6.04 Å². The number of imidazole rings is 1. The summed E-state index contributed by atoms with van der Waals surface area (Å²) in [5.41, 5.74) is 3.56. The predicted molar refractivity (Wildman–Crippen MR) is 89.1 cm³/mol. The Hall–Kier alpha value is -1.59. The van der Waals surface area contributed by atoms with Gasteiger partial charge in [-0.15, -0.1) is 11.3 Å². The van der Waals surface area contributed by atoms with Crippen LogP contribution >= 0.6 is 23.6 Å². The van der Waals surface area contributed by atoms with E-state index in [9.17, 15) is 0 Å². The fourth-order valence-electron chi connectivity index (χ4n) is 3.33. The van der Waals surface area contributed by atoms with Gasteiger partial charge in [-0.25, -0.2) is 0 Å². The Morgan fingerprint density at radius 3 is 3.14 bits per heavy atom. The first-order valence-electron chi connectivity index (χ1n) is 7.13. The van der Waals surface area contributed by atoms with Crippen molar-refractivity contribution in [2.75, 3.05) is 7.11 Å². The smallest absolute Gasteiger partial charge is 0.178 e. The molecule has 0 spiro atoms. The van der Waals surface area contributed by atoms with Gasteiger partial charge in [0.25, 0.3) is 0 Å². The second kappa shape index (κ2) is 5.00. The van der Waals surface area contributed by atoms with Crippen molar-refractivity contribution in [3.63, 3.8) is 0 Å². The maximum absolute atomic E-state index is 5.60. The zero-order valence-corrected chi connectivity index (χ0v) is 13.4. The summed E-state index contributed by atoms with van der Waals surface area (Å²) in [6, 6.07) is 8.70. The van der Waals surface area contributed by atoms with Crippen LogP contribution in [0.3, 0.4) is 0 Å². The lowest BCUT2D eigenvalue weighted by atomic mass is 9.94. The van der Waals surface area contributed by atoms with Crippen LogP contribution in [0.4, 0.5) is 0 Å². The molecule has 3 aromatic rings. The van der Waals surface area contributed by atoms with E-state index in [1.807, 2.05) is 23.5 Å². The Morgan fingerprint density at radius 2 is 2.29 bits per heavy atom. The van der Waals surface area contributed by atoms with Crippen LogP contribution in [0.1, 0.15) is 29.3 Å².